The van der Waals surface area contributed by atoms with Crippen molar-refractivity contribution < 1.29 is 9.59 Å². The molecule has 0 unspecified atom stereocenters. The van der Waals surface area contributed by atoms with E-state index >= 15 is 0 Å². The normalized spacial score (nSPS) is 10.6. The van der Waals surface area contributed by atoms with Crippen LogP contribution in [0, 0.1) is 6.92 Å². The van der Waals surface area contributed by atoms with Crippen LogP contribution in [-0.4, -0.2) is 50.6 Å². The van der Waals surface area contributed by atoms with Gasteiger partial charge in [0.15, 0.2) is 0 Å². The number of aromatic nitrogens is 4. The Morgan fingerprint density at radius 1 is 1.14 bits per heavy atom. The molecule has 0 saturated heterocycles. The number of aryl methyl sites for hydroxylation is 2. The van der Waals surface area contributed by atoms with Crippen LogP contribution in [0.4, 0.5) is 0 Å². The van der Waals surface area contributed by atoms with Crippen molar-refractivity contribution in [3.8, 4) is 11.3 Å². The van der Waals surface area contributed by atoms with Crippen LogP contribution in [0.2, 0.25) is 0 Å². The molecule has 0 fully saturated rings. The lowest BCUT2D eigenvalue weighted by molar-refractivity contribution is 0.0827. The van der Waals surface area contributed by atoms with Crippen molar-refractivity contribution in [3.05, 3.63) is 65.4 Å². The molecule has 3 aromatic rings. The molecule has 0 aliphatic rings. The molecule has 1 aromatic carbocycles. The van der Waals surface area contributed by atoms with E-state index in [1.807, 2.05) is 24.3 Å². The van der Waals surface area contributed by atoms with Crippen molar-refractivity contribution in [2.24, 2.45) is 7.05 Å². The number of hydrogen-bond acceptors (Lipinski definition) is 5. The van der Waals surface area contributed by atoms with Gasteiger partial charge in [-0.05, 0) is 18.6 Å². The standard InChI is InChI=1S/C20H22N6O2/c1-13-21-12-16(20(28)25(2)3)18(24-13)15-7-5-14(6-8-15)11-22-19(27)17-9-10-23-26(17)4/h5-10,12H,11H2,1-4H3,(H,22,27). The third-order valence-corrected chi connectivity index (χ3v) is 4.28. The molecule has 0 spiro atoms. The Labute approximate surface area is 163 Å². The fourth-order valence-electron chi connectivity index (χ4n) is 2.74. The molecule has 8 heteroatoms. The summed E-state index contributed by atoms with van der Waals surface area (Å²) in [5.74, 6) is 0.259. The molecular weight excluding hydrogens is 356 g/mol. The van der Waals surface area contributed by atoms with Crippen molar-refractivity contribution in [1.29, 1.82) is 0 Å². The van der Waals surface area contributed by atoms with Crippen LogP contribution < -0.4 is 5.32 Å². The van der Waals surface area contributed by atoms with Crippen molar-refractivity contribution in [3.63, 3.8) is 0 Å². The van der Waals surface area contributed by atoms with E-state index in [0.717, 1.165) is 11.1 Å². The molecule has 8 nitrogen and oxygen atoms in total. The number of rotatable bonds is 5. The minimum absolute atomic E-state index is 0.150. The van der Waals surface area contributed by atoms with Gasteiger partial charge in [0.2, 0.25) is 0 Å². The molecule has 2 amide bonds. The molecule has 0 radical (unpaired) electrons. The first-order valence-electron chi connectivity index (χ1n) is 8.77. The number of nitrogens with zero attached hydrogens (tertiary/aromatic N) is 5. The number of nitrogens with one attached hydrogen (secondary N) is 1. The van der Waals surface area contributed by atoms with Crippen molar-refractivity contribution >= 4 is 11.8 Å². The van der Waals surface area contributed by atoms with Crippen molar-refractivity contribution in [2.75, 3.05) is 14.1 Å². The van der Waals surface area contributed by atoms with Crippen LogP contribution in [0.1, 0.15) is 32.2 Å². The monoisotopic (exact) mass is 378 g/mol. The summed E-state index contributed by atoms with van der Waals surface area (Å²) in [5, 5.41) is 6.86. The van der Waals surface area contributed by atoms with E-state index in [0.29, 0.717) is 29.3 Å². The summed E-state index contributed by atoms with van der Waals surface area (Å²) in [4.78, 5) is 34.7. The minimum Gasteiger partial charge on any atom is -0.347 e. The van der Waals surface area contributed by atoms with Gasteiger partial charge >= 0.3 is 0 Å². The second-order valence-electron chi connectivity index (χ2n) is 6.60. The summed E-state index contributed by atoms with van der Waals surface area (Å²) < 4.78 is 1.53. The Kier molecular flexibility index (Phi) is 5.49. The average molecular weight is 378 g/mol. The molecule has 0 bridgehead atoms. The van der Waals surface area contributed by atoms with E-state index in [9.17, 15) is 9.59 Å². The average Bonchev–Trinajstić information content (AvgIpc) is 3.12. The number of carbonyl (C=O) groups excluding carboxylic acids is 2. The van der Waals surface area contributed by atoms with E-state index in [2.05, 4.69) is 20.4 Å². The highest BCUT2D eigenvalue weighted by molar-refractivity contribution is 5.99. The summed E-state index contributed by atoms with van der Waals surface area (Å²) in [6.45, 7) is 2.17. The molecule has 0 saturated carbocycles. The zero-order chi connectivity index (χ0) is 20.3. The van der Waals surface area contributed by atoms with Crippen LogP contribution in [0.15, 0.2) is 42.7 Å². The first-order chi connectivity index (χ1) is 13.4. The molecular formula is C20H22N6O2. The van der Waals surface area contributed by atoms with Crippen molar-refractivity contribution in [1.82, 2.24) is 30.0 Å². The van der Waals surface area contributed by atoms with Crippen LogP contribution in [0.25, 0.3) is 11.3 Å². The number of amides is 2. The molecule has 0 aliphatic carbocycles. The maximum absolute atomic E-state index is 12.4. The Balaban J connectivity index is 1.78. The summed E-state index contributed by atoms with van der Waals surface area (Å²) in [6, 6.07) is 9.25. The fourth-order valence-corrected chi connectivity index (χ4v) is 2.74. The topological polar surface area (TPSA) is 93.0 Å². The van der Waals surface area contributed by atoms with Gasteiger partial charge in [-0.3, -0.25) is 14.3 Å². The van der Waals surface area contributed by atoms with Gasteiger partial charge in [0.05, 0.1) is 11.3 Å². The lowest BCUT2D eigenvalue weighted by atomic mass is 10.0. The van der Waals surface area contributed by atoms with Crippen LogP contribution >= 0.6 is 0 Å². The molecule has 3 rings (SSSR count). The Hall–Kier alpha value is -3.55. The molecule has 0 aliphatic heterocycles. The minimum atomic E-state index is -0.186. The first-order valence-corrected chi connectivity index (χ1v) is 8.77. The number of benzene rings is 1. The summed E-state index contributed by atoms with van der Waals surface area (Å²) in [6.07, 6.45) is 3.14. The van der Waals surface area contributed by atoms with Gasteiger partial charge < -0.3 is 10.2 Å². The predicted molar refractivity (Wildman–Crippen MR) is 105 cm³/mol. The molecule has 0 atom stereocenters. The smallest absolute Gasteiger partial charge is 0.269 e. The third kappa shape index (κ3) is 4.06. The molecule has 28 heavy (non-hydrogen) atoms. The quantitative estimate of drug-likeness (QED) is 0.731. The zero-order valence-electron chi connectivity index (χ0n) is 16.3. The van der Waals surface area contributed by atoms with E-state index in [4.69, 9.17) is 0 Å². The van der Waals surface area contributed by atoms with E-state index in [1.54, 1.807) is 46.5 Å². The zero-order valence-corrected chi connectivity index (χ0v) is 16.3. The Morgan fingerprint density at radius 2 is 1.86 bits per heavy atom. The summed E-state index contributed by atoms with van der Waals surface area (Å²) in [7, 11) is 5.11. The molecule has 144 valence electrons. The number of hydrogen-bond donors (Lipinski definition) is 1. The van der Waals surface area contributed by atoms with E-state index < -0.39 is 0 Å². The highest BCUT2D eigenvalue weighted by Crippen LogP contribution is 2.22. The maximum Gasteiger partial charge on any atom is 0.269 e. The molecule has 1 N–H and O–H groups in total. The van der Waals surface area contributed by atoms with Crippen LogP contribution in [0.3, 0.4) is 0 Å². The van der Waals surface area contributed by atoms with Crippen molar-refractivity contribution in [2.45, 2.75) is 13.5 Å². The lowest BCUT2D eigenvalue weighted by Gasteiger charge is -2.14. The SMILES string of the molecule is Cc1ncc(C(=O)N(C)C)c(-c2ccc(CNC(=O)c3ccnn3C)cc2)n1. The number of carbonyl (C=O) groups is 2. The highest BCUT2D eigenvalue weighted by Gasteiger charge is 2.17. The second kappa shape index (κ2) is 7.99. The van der Waals surface area contributed by atoms with Gasteiger partial charge in [-0.2, -0.15) is 5.10 Å². The van der Waals surface area contributed by atoms with Gasteiger partial charge in [0.25, 0.3) is 11.8 Å². The van der Waals surface area contributed by atoms with Gasteiger partial charge in [-0.15, -0.1) is 0 Å². The van der Waals surface area contributed by atoms with E-state index in [-0.39, 0.29) is 11.8 Å². The van der Waals surface area contributed by atoms with Gasteiger partial charge in [0, 0.05) is 45.6 Å². The third-order valence-electron chi connectivity index (χ3n) is 4.28. The second-order valence-corrected chi connectivity index (χ2v) is 6.60. The molecule has 2 heterocycles. The van der Waals surface area contributed by atoms with Gasteiger partial charge in [-0.25, -0.2) is 9.97 Å². The predicted octanol–water partition coefficient (Wildman–Crippen LogP) is 1.82. The van der Waals surface area contributed by atoms with Gasteiger partial charge in [0.1, 0.15) is 11.5 Å². The first kappa shape index (κ1) is 19.2. The highest BCUT2D eigenvalue weighted by atomic mass is 16.2. The van der Waals surface area contributed by atoms with Crippen LogP contribution in [0.5, 0.6) is 0 Å². The lowest BCUT2D eigenvalue weighted by Crippen LogP contribution is -2.25. The van der Waals surface area contributed by atoms with E-state index in [1.165, 1.54) is 9.58 Å². The summed E-state index contributed by atoms with van der Waals surface area (Å²) >= 11 is 0. The Morgan fingerprint density at radius 3 is 2.46 bits per heavy atom. The Bertz CT molecular complexity index is 1010. The maximum atomic E-state index is 12.4. The largest absolute Gasteiger partial charge is 0.347 e. The van der Waals surface area contributed by atoms with Crippen LogP contribution in [-0.2, 0) is 13.6 Å². The van der Waals surface area contributed by atoms with Gasteiger partial charge in [-0.1, -0.05) is 24.3 Å². The fraction of sp³-hybridized carbons (Fsp3) is 0.250. The molecule has 2 aromatic heterocycles. The summed E-state index contributed by atoms with van der Waals surface area (Å²) in [5.41, 5.74) is 3.30.